The molecular formula is C40H47N3O20. The number of ether oxygens (including phenoxy) is 5. The Morgan fingerprint density at radius 2 is 1.27 bits per heavy atom. The molecule has 2 saturated heterocycles. The van der Waals surface area contributed by atoms with Gasteiger partial charge in [0.2, 0.25) is 0 Å². The van der Waals surface area contributed by atoms with Gasteiger partial charge < -0.3 is 85.4 Å². The first-order chi connectivity index (χ1) is 29.9. The summed E-state index contributed by atoms with van der Waals surface area (Å²) in [6, 6.07) is 2.77. The summed E-state index contributed by atoms with van der Waals surface area (Å²) in [5.74, 6) is -10.7. The Kier molecular flexibility index (Phi) is 15.9. The van der Waals surface area contributed by atoms with E-state index in [2.05, 4.69) is 16.0 Å². The van der Waals surface area contributed by atoms with Crippen molar-refractivity contribution in [2.24, 2.45) is 0 Å². The van der Waals surface area contributed by atoms with Crippen molar-refractivity contribution < 1.29 is 98.7 Å². The average Bonchev–Trinajstić information content (AvgIpc) is 3.25. The molecule has 2 aliphatic heterocycles. The number of hydrogen-bond donors (Lipinski definition) is 13. The lowest BCUT2D eigenvalue weighted by Crippen LogP contribution is -2.55. The van der Waals surface area contributed by atoms with Crippen LogP contribution in [0.15, 0.2) is 42.5 Å². The lowest BCUT2D eigenvalue weighted by atomic mass is 9.90. The van der Waals surface area contributed by atoms with Gasteiger partial charge in [0.25, 0.3) is 11.8 Å². The Morgan fingerprint density at radius 1 is 0.698 bits per heavy atom. The SMILES string of the molecule is CCCc1cc(O)c(O)c(COCNC2COC(=O)C(NC(=O)c3cc(C4OC(CO)C(O)C(O)C4O)cc(O)c3O)COC(=O)C(NC(=O)c3cccc(O)c3O)COC2=O)c1. The molecule has 0 bridgehead atoms. The van der Waals surface area contributed by atoms with Gasteiger partial charge in [-0.1, -0.05) is 19.4 Å². The van der Waals surface area contributed by atoms with Crippen LogP contribution in [0.1, 0.15) is 56.9 Å². The molecule has 5 rings (SSSR count). The van der Waals surface area contributed by atoms with E-state index in [-0.39, 0.29) is 23.5 Å². The normalized spacial score (nSPS) is 24.5. The van der Waals surface area contributed by atoms with Crippen LogP contribution in [-0.2, 0) is 51.1 Å². The monoisotopic (exact) mass is 889 g/mol. The van der Waals surface area contributed by atoms with Gasteiger partial charge in [0.05, 0.1) is 31.1 Å². The fraction of sp³-hybridized carbons (Fsp3) is 0.425. The first kappa shape index (κ1) is 47.6. The van der Waals surface area contributed by atoms with Crippen LogP contribution in [0.2, 0.25) is 0 Å². The number of cyclic esters (lactones) is 3. The molecule has 0 saturated carbocycles. The van der Waals surface area contributed by atoms with Crippen molar-refractivity contribution in [3.8, 4) is 34.5 Å². The number of aryl methyl sites for hydroxylation is 1. The summed E-state index contributed by atoms with van der Waals surface area (Å²) >= 11 is 0. The molecule has 0 aromatic heterocycles. The number of amides is 2. The van der Waals surface area contributed by atoms with Gasteiger partial charge in [-0.25, -0.2) is 9.59 Å². The number of esters is 3. The second-order valence-corrected chi connectivity index (χ2v) is 14.4. The minimum atomic E-state index is -1.95. The van der Waals surface area contributed by atoms with Crippen molar-refractivity contribution in [3.05, 3.63) is 70.3 Å². The minimum absolute atomic E-state index is 0.208. The number of nitrogens with one attached hydrogen (secondary N) is 3. The molecule has 2 fully saturated rings. The van der Waals surface area contributed by atoms with E-state index in [0.717, 1.165) is 30.7 Å². The van der Waals surface area contributed by atoms with Gasteiger partial charge in [0.1, 0.15) is 56.4 Å². The third-order valence-corrected chi connectivity index (χ3v) is 9.93. The standard InChI is InChI=1S/C40H47N3O20/c1-2-4-17-7-19(29(48)26(46)8-17)12-59-16-41-22-13-60-39(57)24(15-62-40(58)23(14-61-38(22)56)42-36(54)20-5-3-6-25(45)30(20)49)43-37(55)21-9-18(10-27(47)31(21)50)35-34(53)33(52)32(51)28(11-44)63-35/h3,5-10,22-24,28,32-35,41,44-53H,2,4,11-16H2,1H3,(H,42,54)(H,43,55). The number of aliphatic hydroxyl groups excluding tert-OH is 4. The lowest BCUT2D eigenvalue weighted by Gasteiger charge is -2.40. The van der Waals surface area contributed by atoms with Gasteiger partial charge in [-0.05, 0) is 53.9 Å². The Bertz CT molecular complexity index is 2170. The third-order valence-electron chi connectivity index (χ3n) is 9.93. The predicted octanol–water partition coefficient (Wildman–Crippen LogP) is -1.94. The Labute approximate surface area is 357 Å². The molecule has 2 amide bonds. The van der Waals surface area contributed by atoms with Crippen LogP contribution >= 0.6 is 0 Å². The quantitative estimate of drug-likeness (QED) is 0.0292. The first-order valence-electron chi connectivity index (χ1n) is 19.3. The highest BCUT2D eigenvalue weighted by atomic mass is 16.6. The van der Waals surface area contributed by atoms with Crippen LogP contribution in [0, 0.1) is 0 Å². The minimum Gasteiger partial charge on any atom is -0.504 e. The summed E-state index contributed by atoms with van der Waals surface area (Å²) < 4.78 is 26.8. The van der Waals surface area contributed by atoms with Crippen molar-refractivity contribution >= 4 is 29.7 Å². The molecule has 23 heteroatoms. The van der Waals surface area contributed by atoms with Crippen LogP contribution < -0.4 is 16.0 Å². The number of phenolic OH excluding ortho intramolecular Hbond substituents is 6. The number of benzene rings is 3. The number of aliphatic hydroxyl groups is 4. The highest BCUT2D eigenvalue weighted by Gasteiger charge is 2.44. The fourth-order valence-electron chi connectivity index (χ4n) is 6.49. The Hall–Kier alpha value is -6.47. The largest absolute Gasteiger partial charge is 0.504 e. The van der Waals surface area contributed by atoms with Crippen LogP contribution in [0.25, 0.3) is 0 Å². The van der Waals surface area contributed by atoms with E-state index in [1.165, 1.54) is 12.1 Å². The van der Waals surface area contributed by atoms with Gasteiger partial charge in [-0.2, -0.15) is 0 Å². The van der Waals surface area contributed by atoms with Crippen molar-refractivity contribution in [2.75, 3.05) is 33.2 Å². The smallest absolute Gasteiger partial charge is 0.332 e. The third kappa shape index (κ3) is 11.3. The fourth-order valence-corrected chi connectivity index (χ4v) is 6.49. The number of aromatic hydroxyl groups is 6. The maximum atomic E-state index is 13.7. The van der Waals surface area contributed by atoms with Gasteiger partial charge in [-0.3, -0.25) is 19.7 Å². The summed E-state index contributed by atoms with van der Waals surface area (Å²) in [5, 5.41) is 109. The summed E-state index contributed by atoms with van der Waals surface area (Å²) in [7, 11) is 0. The molecule has 0 spiro atoms. The van der Waals surface area contributed by atoms with Gasteiger partial charge in [0.15, 0.2) is 46.6 Å². The van der Waals surface area contributed by atoms with Gasteiger partial charge in [-0.15, -0.1) is 0 Å². The van der Waals surface area contributed by atoms with E-state index in [9.17, 15) is 75.0 Å². The average molecular weight is 890 g/mol. The zero-order valence-electron chi connectivity index (χ0n) is 33.4. The maximum Gasteiger partial charge on any atom is 0.332 e. The first-order valence-corrected chi connectivity index (χ1v) is 19.3. The number of phenols is 6. The number of para-hydroxylation sites is 1. The summed E-state index contributed by atoms with van der Waals surface area (Å²) in [6.45, 7) is -2.42. The zero-order chi connectivity index (χ0) is 46.1. The Morgan fingerprint density at radius 3 is 1.89 bits per heavy atom. The van der Waals surface area contributed by atoms with Crippen LogP contribution in [-0.4, -0.2) is 156 Å². The second kappa shape index (κ2) is 21.1. The van der Waals surface area contributed by atoms with Crippen molar-refractivity contribution in [1.29, 1.82) is 0 Å². The second-order valence-electron chi connectivity index (χ2n) is 14.4. The number of rotatable bonds is 13. The van der Waals surface area contributed by atoms with Gasteiger partial charge in [0, 0.05) is 5.56 Å². The van der Waals surface area contributed by atoms with E-state index in [0.29, 0.717) is 12.0 Å². The molecule has 0 radical (unpaired) electrons. The molecule has 2 aliphatic rings. The summed E-state index contributed by atoms with van der Waals surface area (Å²) in [4.78, 5) is 67.1. The van der Waals surface area contributed by atoms with E-state index in [1.807, 2.05) is 6.92 Å². The predicted molar refractivity (Wildman–Crippen MR) is 208 cm³/mol. The highest BCUT2D eigenvalue weighted by Crippen LogP contribution is 2.38. The van der Waals surface area contributed by atoms with Crippen molar-refractivity contribution in [3.63, 3.8) is 0 Å². The molecule has 8 atom stereocenters. The van der Waals surface area contributed by atoms with Gasteiger partial charge >= 0.3 is 17.9 Å². The number of hydrogen-bond acceptors (Lipinski definition) is 21. The molecule has 342 valence electrons. The maximum absolute atomic E-state index is 13.7. The van der Waals surface area contributed by atoms with E-state index < -0.39 is 151 Å². The number of carbonyl (C=O) groups excluding carboxylic acids is 5. The molecular weight excluding hydrogens is 842 g/mol. The molecule has 13 N–H and O–H groups in total. The van der Waals surface area contributed by atoms with E-state index in [1.54, 1.807) is 6.07 Å². The van der Waals surface area contributed by atoms with Crippen LogP contribution in [0.4, 0.5) is 0 Å². The summed E-state index contributed by atoms with van der Waals surface area (Å²) in [5.41, 5.74) is -0.586. The molecule has 3 aromatic carbocycles. The molecule has 2 heterocycles. The molecule has 3 aromatic rings. The highest BCUT2D eigenvalue weighted by molar-refractivity contribution is 6.01. The molecule has 8 unspecified atom stereocenters. The van der Waals surface area contributed by atoms with E-state index >= 15 is 0 Å². The lowest BCUT2D eigenvalue weighted by molar-refractivity contribution is -0.231. The zero-order valence-corrected chi connectivity index (χ0v) is 33.4. The summed E-state index contributed by atoms with van der Waals surface area (Å²) in [6.07, 6.45) is -7.14. The number of carbonyl (C=O) groups is 5. The topological polar surface area (TPSA) is 370 Å². The molecule has 63 heavy (non-hydrogen) atoms. The Balaban J connectivity index is 1.38. The molecule has 0 aliphatic carbocycles. The van der Waals surface area contributed by atoms with Crippen molar-refractivity contribution in [2.45, 2.75) is 75.0 Å². The molecule has 23 nitrogen and oxygen atoms in total. The van der Waals surface area contributed by atoms with E-state index in [4.69, 9.17) is 23.7 Å². The van der Waals surface area contributed by atoms with Crippen molar-refractivity contribution in [1.82, 2.24) is 16.0 Å². The van der Waals surface area contributed by atoms with Crippen LogP contribution in [0.3, 0.4) is 0 Å². The van der Waals surface area contributed by atoms with Crippen LogP contribution in [0.5, 0.6) is 34.5 Å².